The summed E-state index contributed by atoms with van der Waals surface area (Å²) in [5.74, 6) is 0.924. The second kappa shape index (κ2) is 6.57. The zero-order valence-electron chi connectivity index (χ0n) is 10.3. The van der Waals surface area contributed by atoms with Crippen molar-refractivity contribution < 1.29 is 8.42 Å². The Morgan fingerprint density at radius 2 is 1.94 bits per heavy atom. The molecule has 1 fully saturated rings. The van der Waals surface area contributed by atoms with Crippen LogP contribution in [0.1, 0.15) is 39.5 Å². The Morgan fingerprint density at radius 1 is 1.25 bits per heavy atom. The van der Waals surface area contributed by atoms with Crippen LogP contribution in [0.3, 0.4) is 0 Å². The average Bonchev–Trinajstić information content (AvgIpc) is 2.15. The lowest BCUT2D eigenvalue weighted by atomic mass is 9.83. The molecule has 1 aliphatic carbocycles. The first-order chi connectivity index (χ1) is 7.53. The molecule has 0 amide bonds. The van der Waals surface area contributed by atoms with Crippen molar-refractivity contribution in [1.82, 2.24) is 10.0 Å². The first kappa shape index (κ1) is 13.9. The summed E-state index contributed by atoms with van der Waals surface area (Å²) >= 11 is 0. The number of hydrogen-bond acceptors (Lipinski definition) is 3. The van der Waals surface area contributed by atoms with E-state index in [0.717, 1.165) is 32.4 Å². The summed E-state index contributed by atoms with van der Waals surface area (Å²) in [6.45, 7) is 6.01. The Bertz CT molecular complexity index is 284. The summed E-state index contributed by atoms with van der Waals surface area (Å²) in [5.41, 5.74) is 0. The van der Waals surface area contributed by atoms with Crippen molar-refractivity contribution in [3.63, 3.8) is 0 Å². The molecule has 0 aromatic heterocycles. The molecule has 0 bridgehead atoms. The van der Waals surface area contributed by atoms with Crippen LogP contribution in [-0.4, -0.2) is 33.3 Å². The predicted molar refractivity (Wildman–Crippen MR) is 66.9 cm³/mol. The number of sulfonamides is 1. The summed E-state index contributed by atoms with van der Waals surface area (Å²) < 4.78 is 26.0. The van der Waals surface area contributed by atoms with Crippen LogP contribution in [0.4, 0.5) is 0 Å². The maximum atomic E-state index is 11.6. The van der Waals surface area contributed by atoms with E-state index in [9.17, 15) is 8.42 Å². The van der Waals surface area contributed by atoms with Crippen LogP contribution in [-0.2, 0) is 10.0 Å². The van der Waals surface area contributed by atoms with Crippen LogP contribution in [0.25, 0.3) is 0 Å². The van der Waals surface area contributed by atoms with E-state index < -0.39 is 10.0 Å². The molecule has 0 atom stereocenters. The van der Waals surface area contributed by atoms with Crippen LogP contribution in [0.15, 0.2) is 0 Å². The summed E-state index contributed by atoms with van der Waals surface area (Å²) in [6.07, 6.45) is 3.77. The van der Waals surface area contributed by atoms with Crippen molar-refractivity contribution in [1.29, 1.82) is 0 Å². The fourth-order valence-corrected chi connectivity index (χ4v) is 3.34. The Morgan fingerprint density at radius 3 is 2.50 bits per heavy atom. The molecule has 2 N–H and O–H groups in total. The predicted octanol–water partition coefficient (Wildman–Crippen LogP) is 1.09. The minimum absolute atomic E-state index is 0.198. The van der Waals surface area contributed by atoms with Crippen molar-refractivity contribution in [2.45, 2.75) is 45.6 Å². The Labute approximate surface area is 99.2 Å². The van der Waals surface area contributed by atoms with E-state index in [2.05, 4.69) is 23.9 Å². The molecule has 0 spiro atoms. The molecule has 96 valence electrons. The molecule has 0 unspecified atom stereocenters. The van der Waals surface area contributed by atoms with Gasteiger partial charge in [0.15, 0.2) is 0 Å². The van der Waals surface area contributed by atoms with Gasteiger partial charge in [-0.05, 0) is 44.7 Å². The summed E-state index contributed by atoms with van der Waals surface area (Å²) in [5, 5.41) is 3.20. The number of hydrogen-bond donors (Lipinski definition) is 2. The zero-order valence-corrected chi connectivity index (χ0v) is 11.1. The van der Waals surface area contributed by atoms with Gasteiger partial charge in [0.25, 0.3) is 0 Å². The van der Waals surface area contributed by atoms with Gasteiger partial charge in [-0.3, -0.25) is 0 Å². The SMILES string of the molecule is CCCNCCCS(=O)(=O)NC1CC(C)C1. The van der Waals surface area contributed by atoms with Gasteiger partial charge in [0.05, 0.1) is 5.75 Å². The fraction of sp³-hybridized carbons (Fsp3) is 1.00. The molecule has 0 heterocycles. The third-order valence-corrected chi connectivity index (χ3v) is 4.43. The molecule has 0 aromatic rings. The fourth-order valence-electron chi connectivity index (χ4n) is 2.00. The van der Waals surface area contributed by atoms with Crippen LogP contribution in [0.2, 0.25) is 0 Å². The van der Waals surface area contributed by atoms with Gasteiger partial charge in [-0.1, -0.05) is 13.8 Å². The lowest BCUT2D eigenvalue weighted by molar-refractivity contribution is 0.270. The second-order valence-electron chi connectivity index (χ2n) is 4.81. The molecule has 1 aliphatic rings. The topological polar surface area (TPSA) is 58.2 Å². The maximum Gasteiger partial charge on any atom is 0.211 e. The lowest BCUT2D eigenvalue weighted by Crippen LogP contribution is -2.44. The quantitative estimate of drug-likeness (QED) is 0.632. The van der Waals surface area contributed by atoms with Crippen LogP contribution >= 0.6 is 0 Å². The van der Waals surface area contributed by atoms with E-state index in [1.165, 1.54) is 0 Å². The number of nitrogens with one attached hydrogen (secondary N) is 2. The molecule has 1 saturated carbocycles. The highest BCUT2D eigenvalue weighted by atomic mass is 32.2. The molecule has 1 rings (SSSR count). The standard InChI is InChI=1S/C11H24N2O2S/c1-3-5-12-6-4-7-16(14,15)13-11-8-10(2)9-11/h10-13H,3-9H2,1-2H3. The molecular formula is C11H24N2O2S. The summed E-state index contributed by atoms with van der Waals surface area (Å²) in [7, 11) is -3.04. The van der Waals surface area contributed by atoms with Crippen molar-refractivity contribution in [3.05, 3.63) is 0 Å². The summed E-state index contributed by atoms with van der Waals surface area (Å²) in [4.78, 5) is 0. The summed E-state index contributed by atoms with van der Waals surface area (Å²) in [6, 6.07) is 0.198. The van der Waals surface area contributed by atoms with Gasteiger partial charge >= 0.3 is 0 Å². The van der Waals surface area contributed by atoms with Gasteiger partial charge in [0.2, 0.25) is 10.0 Å². The zero-order chi connectivity index (χ0) is 12.0. The molecule has 5 heteroatoms. The van der Waals surface area contributed by atoms with Crippen LogP contribution in [0.5, 0.6) is 0 Å². The largest absolute Gasteiger partial charge is 0.317 e. The van der Waals surface area contributed by atoms with E-state index in [1.807, 2.05) is 0 Å². The van der Waals surface area contributed by atoms with E-state index in [1.54, 1.807) is 0 Å². The first-order valence-corrected chi connectivity index (χ1v) is 7.89. The van der Waals surface area contributed by atoms with Crippen molar-refractivity contribution in [2.24, 2.45) is 5.92 Å². The van der Waals surface area contributed by atoms with E-state index in [4.69, 9.17) is 0 Å². The van der Waals surface area contributed by atoms with Gasteiger partial charge in [0.1, 0.15) is 0 Å². The monoisotopic (exact) mass is 248 g/mol. The minimum atomic E-state index is -3.04. The molecule has 0 radical (unpaired) electrons. The van der Waals surface area contributed by atoms with Gasteiger partial charge in [0, 0.05) is 6.04 Å². The molecule has 16 heavy (non-hydrogen) atoms. The molecule has 0 aliphatic heterocycles. The van der Waals surface area contributed by atoms with Crippen molar-refractivity contribution in [2.75, 3.05) is 18.8 Å². The smallest absolute Gasteiger partial charge is 0.211 e. The van der Waals surface area contributed by atoms with Crippen LogP contribution in [0, 0.1) is 5.92 Å². The highest BCUT2D eigenvalue weighted by molar-refractivity contribution is 7.89. The Balaban J connectivity index is 2.09. The highest BCUT2D eigenvalue weighted by Crippen LogP contribution is 2.26. The van der Waals surface area contributed by atoms with Gasteiger partial charge in [-0.15, -0.1) is 0 Å². The Hall–Kier alpha value is -0.130. The van der Waals surface area contributed by atoms with Crippen molar-refractivity contribution in [3.8, 4) is 0 Å². The lowest BCUT2D eigenvalue weighted by Gasteiger charge is -2.32. The van der Waals surface area contributed by atoms with E-state index >= 15 is 0 Å². The molecule has 0 saturated heterocycles. The van der Waals surface area contributed by atoms with Gasteiger partial charge in [-0.25, -0.2) is 13.1 Å². The third-order valence-electron chi connectivity index (χ3n) is 2.91. The molecule has 0 aromatic carbocycles. The highest BCUT2D eigenvalue weighted by Gasteiger charge is 2.28. The second-order valence-corrected chi connectivity index (χ2v) is 6.69. The van der Waals surface area contributed by atoms with Gasteiger partial charge < -0.3 is 5.32 Å². The minimum Gasteiger partial charge on any atom is -0.317 e. The van der Waals surface area contributed by atoms with Crippen molar-refractivity contribution >= 4 is 10.0 Å². The maximum absolute atomic E-state index is 11.6. The Kier molecular flexibility index (Phi) is 5.72. The number of rotatable bonds is 8. The average molecular weight is 248 g/mol. The normalized spacial score (nSPS) is 25.4. The molecular weight excluding hydrogens is 224 g/mol. The van der Waals surface area contributed by atoms with Gasteiger partial charge in [-0.2, -0.15) is 0 Å². The van der Waals surface area contributed by atoms with E-state index in [0.29, 0.717) is 12.3 Å². The van der Waals surface area contributed by atoms with Crippen LogP contribution < -0.4 is 10.0 Å². The van der Waals surface area contributed by atoms with E-state index in [-0.39, 0.29) is 11.8 Å². The first-order valence-electron chi connectivity index (χ1n) is 6.24. The molecule has 4 nitrogen and oxygen atoms in total. The third kappa shape index (κ3) is 5.27.